The molecule has 1 N–H and O–H groups in total. The molecule has 1 aliphatic heterocycles. The maximum atomic E-state index is 5.71. The lowest BCUT2D eigenvalue weighted by atomic mass is 10.0. The Balaban J connectivity index is 1.90. The Kier molecular flexibility index (Phi) is 4.17. The third-order valence-electron chi connectivity index (χ3n) is 2.95. The van der Waals surface area contributed by atoms with Crippen molar-refractivity contribution in [3.05, 3.63) is 18.2 Å². The van der Waals surface area contributed by atoms with Gasteiger partial charge in [-0.1, -0.05) is 6.42 Å². The standard InChI is InChI=1S/C14H23N3O/c1-14(2,3)18-12-9-16-13(17-10-12)8-11-6-4-5-7-15-11/h9-11,15H,4-8H2,1-3H3. The summed E-state index contributed by atoms with van der Waals surface area (Å²) in [5.74, 6) is 1.64. The van der Waals surface area contributed by atoms with Crippen molar-refractivity contribution in [2.45, 2.75) is 58.1 Å². The molecule has 100 valence electrons. The van der Waals surface area contributed by atoms with Crippen LogP contribution in [-0.2, 0) is 6.42 Å². The van der Waals surface area contributed by atoms with Crippen LogP contribution in [-0.4, -0.2) is 28.2 Å². The number of hydrogen-bond acceptors (Lipinski definition) is 4. The molecule has 0 bridgehead atoms. The number of rotatable bonds is 3. The van der Waals surface area contributed by atoms with Gasteiger partial charge in [-0.2, -0.15) is 0 Å². The van der Waals surface area contributed by atoms with Crippen molar-refractivity contribution in [2.75, 3.05) is 6.54 Å². The second kappa shape index (κ2) is 5.65. The quantitative estimate of drug-likeness (QED) is 0.893. The molecule has 1 unspecified atom stereocenters. The molecule has 1 aliphatic rings. The van der Waals surface area contributed by atoms with Crippen LogP contribution in [0.2, 0.25) is 0 Å². The van der Waals surface area contributed by atoms with Crippen molar-refractivity contribution < 1.29 is 4.74 Å². The van der Waals surface area contributed by atoms with Crippen LogP contribution < -0.4 is 10.1 Å². The minimum atomic E-state index is -0.199. The summed E-state index contributed by atoms with van der Waals surface area (Å²) in [6.07, 6.45) is 8.28. The summed E-state index contributed by atoms with van der Waals surface area (Å²) >= 11 is 0. The van der Waals surface area contributed by atoms with E-state index in [1.165, 1.54) is 19.3 Å². The number of aromatic nitrogens is 2. The molecule has 2 rings (SSSR count). The first kappa shape index (κ1) is 13.3. The fourth-order valence-electron chi connectivity index (χ4n) is 2.17. The van der Waals surface area contributed by atoms with E-state index >= 15 is 0 Å². The van der Waals surface area contributed by atoms with E-state index < -0.39 is 0 Å². The Hall–Kier alpha value is -1.16. The highest BCUT2D eigenvalue weighted by atomic mass is 16.5. The average Bonchev–Trinajstić information content (AvgIpc) is 2.31. The van der Waals surface area contributed by atoms with Crippen molar-refractivity contribution in [1.29, 1.82) is 0 Å². The molecule has 4 heteroatoms. The van der Waals surface area contributed by atoms with Gasteiger partial charge in [0.2, 0.25) is 0 Å². The van der Waals surface area contributed by atoms with Crippen LogP contribution in [0.15, 0.2) is 12.4 Å². The van der Waals surface area contributed by atoms with Gasteiger partial charge in [0.15, 0.2) is 5.75 Å². The molecule has 18 heavy (non-hydrogen) atoms. The van der Waals surface area contributed by atoms with Gasteiger partial charge in [-0.05, 0) is 40.2 Å². The predicted octanol–water partition coefficient (Wildman–Crippen LogP) is 2.34. The molecule has 0 amide bonds. The molecule has 1 atom stereocenters. The topological polar surface area (TPSA) is 47.0 Å². The fourth-order valence-corrected chi connectivity index (χ4v) is 2.17. The summed E-state index contributed by atoms with van der Waals surface area (Å²) in [4.78, 5) is 8.76. The zero-order valence-corrected chi connectivity index (χ0v) is 11.6. The molecule has 1 aromatic rings. The first-order valence-electron chi connectivity index (χ1n) is 6.76. The second-order valence-electron chi connectivity index (χ2n) is 5.90. The van der Waals surface area contributed by atoms with Crippen LogP contribution in [0.1, 0.15) is 45.9 Å². The number of piperidine rings is 1. The molecule has 0 spiro atoms. The maximum Gasteiger partial charge on any atom is 0.156 e. The largest absolute Gasteiger partial charge is 0.485 e. The number of ether oxygens (including phenoxy) is 1. The van der Waals surface area contributed by atoms with E-state index in [2.05, 4.69) is 15.3 Å². The Morgan fingerprint density at radius 1 is 1.28 bits per heavy atom. The predicted molar refractivity (Wildman–Crippen MR) is 71.8 cm³/mol. The zero-order chi connectivity index (χ0) is 13.0. The van der Waals surface area contributed by atoms with Crippen molar-refractivity contribution in [3.8, 4) is 5.75 Å². The molecule has 1 aromatic heterocycles. The summed E-state index contributed by atoms with van der Waals surface area (Å²) < 4.78 is 5.71. The minimum Gasteiger partial charge on any atom is -0.485 e. The lowest BCUT2D eigenvalue weighted by molar-refractivity contribution is 0.129. The van der Waals surface area contributed by atoms with Gasteiger partial charge < -0.3 is 10.1 Å². The molecule has 0 saturated carbocycles. The van der Waals surface area contributed by atoms with Gasteiger partial charge in [0, 0.05) is 12.5 Å². The molecule has 1 saturated heterocycles. The van der Waals surface area contributed by atoms with Crippen molar-refractivity contribution in [2.24, 2.45) is 0 Å². The lowest BCUT2D eigenvalue weighted by Gasteiger charge is -2.23. The van der Waals surface area contributed by atoms with Crippen LogP contribution in [0.25, 0.3) is 0 Å². The van der Waals surface area contributed by atoms with E-state index in [1.54, 1.807) is 12.4 Å². The van der Waals surface area contributed by atoms with E-state index in [0.29, 0.717) is 6.04 Å². The normalized spacial score (nSPS) is 20.7. The van der Waals surface area contributed by atoms with E-state index in [1.807, 2.05) is 20.8 Å². The Morgan fingerprint density at radius 2 is 2.00 bits per heavy atom. The van der Waals surface area contributed by atoms with Gasteiger partial charge >= 0.3 is 0 Å². The summed E-state index contributed by atoms with van der Waals surface area (Å²) in [6.45, 7) is 7.18. The molecule has 0 aliphatic carbocycles. The van der Waals surface area contributed by atoms with E-state index in [-0.39, 0.29) is 5.60 Å². The molecule has 0 radical (unpaired) electrons. The summed E-state index contributed by atoms with van der Waals surface area (Å²) in [5.41, 5.74) is -0.199. The third kappa shape index (κ3) is 4.26. The minimum absolute atomic E-state index is 0.199. The zero-order valence-electron chi connectivity index (χ0n) is 11.6. The number of nitrogens with one attached hydrogen (secondary N) is 1. The van der Waals surface area contributed by atoms with Crippen LogP contribution in [0.4, 0.5) is 0 Å². The maximum absolute atomic E-state index is 5.71. The van der Waals surface area contributed by atoms with Crippen molar-refractivity contribution in [1.82, 2.24) is 15.3 Å². The van der Waals surface area contributed by atoms with E-state index in [0.717, 1.165) is 24.5 Å². The number of hydrogen-bond donors (Lipinski definition) is 1. The van der Waals surface area contributed by atoms with Gasteiger partial charge in [-0.25, -0.2) is 9.97 Å². The average molecular weight is 249 g/mol. The van der Waals surface area contributed by atoms with Crippen molar-refractivity contribution in [3.63, 3.8) is 0 Å². The highest BCUT2D eigenvalue weighted by Gasteiger charge is 2.15. The second-order valence-corrected chi connectivity index (χ2v) is 5.90. The molecule has 4 nitrogen and oxygen atoms in total. The van der Waals surface area contributed by atoms with Gasteiger partial charge in [-0.3, -0.25) is 0 Å². The van der Waals surface area contributed by atoms with Crippen molar-refractivity contribution >= 4 is 0 Å². The number of nitrogens with zero attached hydrogens (tertiary/aromatic N) is 2. The summed E-state index contributed by atoms with van der Waals surface area (Å²) in [7, 11) is 0. The first-order chi connectivity index (χ1) is 8.53. The Labute approximate surface area is 109 Å². The van der Waals surface area contributed by atoms with Gasteiger partial charge in [-0.15, -0.1) is 0 Å². The van der Waals surface area contributed by atoms with Crippen LogP contribution >= 0.6 is 0 Å². The van der Waals surface area contributed by atoms with Gasteiger partial charge in [0.05, 0.1) is 12.4 Å². The summed E-state index contributed by atoms with van der Waals surface area (Å²) in [6, 6.07) is 0.535. The fraction of sp³-hybridized carbons (Fsp3) is 0.714. The Morgan fingerprint density at radius 3 is 2.56 bits per heavy atom. The molecule has 2 heterocycles. The van der Waals surface area contributed by atoms with Gasteiger partial charge in [0.1, 0.15) is 11.4 Å². The van der Waals surface area contributed by atoms with Crippen LogP contribution in [0, 0.1) is 0 Å². The lowest BCUT2D eigenvalue weighted by Crippen LogP contribution is -2.36. The van der Waals surface area contributed by atoms with Gasteiger partial charge in [0.25, 0.3) is 0 Å². The van der Waals surface area contributed by atoms with Crippen LogP contribution in [0.5, 0.6) is 5.75 Å². The molecular weight excluding hydrogens is 226 g/mol. The monoisotopic (exact) mass is 249 g/mol. The SMILES string of the molecule is CC(C)(C)Oc1cnc(CC2CCCCN2)nc1. The van der Waals surface area contributed by atoms with E-state index in [4.69, 9.17) is 4.74 Å². The highest BCUT2D eigenvalue weighted by Crippen LogP contribution is 2.16. The molecule has 0 aromatic carbocycles. The van der Waals surface area contributed by atoms with E-state index in [9.17, 15) is 0 Å². The Bertz CT molecular complexity index is 364. The van der Waals surface area contributed by atoms with Crippen LogP contribution in [0.3, 0.4) is 0 Å². The highest BCUT2D eigenvalue weighted by molar-refractivity contribution is 5.13. The molecular formula is C14H23N3O. The third-order valence-corrected chi connectivity index (χ3v) is 2.95. The molecule has 1 fully saturated rings. The first-order valence-corrected chi connectivity index (χ1v) is 6.76. The summed E-state index contributed by atoms with van der Waals surface area (Å²) in [5, 5.41) is 3.51. The smallest absolute Gasteiger partial charge is 0.156 e.